The summed E-state index contributed by atoms with van der Waals surface area (Å²) in [5.74, 6) is -4.95. The van der Waals surface area contributed by atoms with Gasteiger partial charge >= 0.3 is 11.9 Å². The minimum atomic E-state index is -1.33. The van der Waals surface area contributed by atoms with Gasteiger partial charge in [0.15, 0.2) is 11.6 Å². The molecule has 0 saturated heterocycles. The van der Waals surface area contributed by atoms with Gasteiger partial charge in [0.25, 0.3) is 0 Å². The van der Waals surface area contributed by atoms with Gasteiger partial charge in [0.1, 0.15) is 34.1 Å². The number of phenols is 4. The number of hydrogen-bond acceptors (Lipinski definition) is 8. The van der Waals surface area contributed by atoms with Crippen LogP contribution in [0.15, 0.2) is 97.1 Å². The van der Waals surface area contributed by atoms with E-state index in [1.54, 1.807) is 12.1 Å². The quantitative estimate of drug-likeness (QED) is 0.111. The first-order chi connectivity index (χ1) is 21.9. The van der Waals surface area contributed by atoms with Crippen LogP contribution in [0.5, 0.6) is 23.0 Å². The topological polar surface area (TPSA) is 190 Å². The van der Waals surface area contributed by atoms with Gasteiger partial charge in [-0.2, -0.15) is 0 Å². The van der Waals surface area contributed by atoms with E-state index in [4.69, 9.17) is 0 Å². The zero-order valence-corrected chi connectivity index (χ0v) is 23.6. The monoisotopic (exact) mass is 614 g/mol. The normalized spacial score (nSPS) is 11.0. The van der Waals surface area contributed by atoms with E-state index in [0.717, 1.165) is 0 Å². The molecule has 0 aliphatic carbocycles. The van der Waals surface area contributed by atoms with Crippen molar-refractivity contribution in [2.45, 2.75) is 0 Å². The first-order valence-corrected chi connectivity index (χ1v) is 13.7. The number of aromatic hydroxyl groups is 4. The number of aromatic carboxylic acids is 2. The number of phenolic OH excluding ortho intramolecular Hbond substituents is 2. The highest BCUT2D eigenvalue weighted by Gasteiger charge is 2.20. The van der Waals surface area contributed by atoms with Gasteiger partial charge in [-0.3, -0.25) is 9.59 Å². The Morgan fingerprint density at radius 2 is 0.717 bits per heavy atom. The molecule has 0 fully saturated rings. The molecule has 46 heavy (non-hydrogen) atoms. The van der Waals surface area contributed by atoms with Crippen molar-refractivity contribution in [3.63, 3.8) is 0 Å². The molecule has 6 aromatic carbocycles. The molecule has 10 heteroatoms. The van der Waals surface area contributed by atoms with Crippen molar-refractivity contribution in [2.75, 3.05) is 0 Å². The van der Waals surface area contributed by atoms with E-state index in [9.17, 15) is 49.8 Å². The molecule has 0 saturated carbocycles. The molecule has 0 aliphatic heterocycles. The fourth-order valence-electron chi connectivity index (χ4n) is 5.32. The molecule has 6 aromatic rings. The van der Waals surface area contributed by atoms with E-state index in [2.05, 4.69) is 0 Å². The van der Waals surface area contributed by atoms with Gasteiger partial charge in [-0.25, -0.2) is 9.59 Å². The van der Waals surface area contributed by atoms with E-state index in [0.29, 0.717) is 21.5 Å². The molecule has 6 rings (SSSR count). The van der Waals surface area contributed by atoms with Crippen molar-refractivity contribution in [2.24, 2.45) is 0 Å². The van der Waals surface area contributed by atoms with Crippen molar-refractivity contribution in [1.29, 1.82) is 0 Å². The standard InChI is InChI=1S/C36H22O10/c37-29-7-5-21(33(41)19-3-1-17-15-31(39)27(35(43)44)13-23(17)9-19)11-25(29)26-12-22(6-8-30(26)38)34(42)20-4-2-18-16-32(40)28(36(45)46)14-24(18)10-20/h1-16,37-40H,(H,43,44)(H,45,46). The summed E-state index contributed by atoms with van der Waals surface area (Å²) in [6, 6.07) is 22.3. The average Bonchev–Trinajstić information content (AvgIpc) is 3.03. The van der Waals surface area contributed by atoms with Crippen LogP contribution in [-0.2, 0) is 0 Å². The summed E-state index contributed by atoms with van der Waals surface area (Å²) in [5, 5.41) is 61.9. The number of benzene rings is 6. The molecule has 0 spiro atoms. The zero-order valence-electron chi connectivity index (χ0n) is 23.6. The molecule has 10 nitrogen and oxygen atoms in total. The second-order valence-corrected chi connectivity index (χ2v) is 10.6. The second-order valence-electron chi connectivity index (χ2n) is 10.6. The Morgan fingerprint density at radius 1 is 0.370 bits per heavy atom. The lowest BCUT2D eigenvalue weighted by molar-refractivity contribution is 0.0682. The average molecular weight is 615 g/mol. The molecule has 0 heterocycles. The van der Waals surface area contributed by atoms with Crippen molar-refractivity contribution in [3.05, 3.63) is 130 Å². The van der Waals surface area contributed by atoms with E-state index in [1.807, 2.05) is 0 Å². The van der Waals surface area contributed by atoms with Crippen LogP contribution < -0.4 is 0 Å². The first-order valence-electron chi connectivity index (χ1n) is 13.7. The van der Waals surface area contributed by atoms with Gasteiger partial charge in [-0.15, -0.1) is 0 Å². The number of fused-ring (bicyclic) bond motifs is 2. The summed E-state index contributed by atoms with van der Waals surface area (Å²) in [7, 11) is 0. The maximum absolute atomic E-state index is 13.5. The molecule has 0 unspecified atom stereocenters. The number of carbonyl (C=O) groups excluding carboxylic acids is 2. The molecule has 0 bridgehead atoms. The maximum atomic E-state index is 13.5. The number of hydrogen-bond donors (Lipinski definition) is 6. The van der Waals surface area contributed by atoms with Gasteiger partial charge in [-0.1, -0.05) is 24.3 Å². The lowest BCUT2D eigenvalue weighted by Gasteiger charge is -2.12. The fraction of sp³-hybridized carbons (Fsp3) is 0. The molecule has 0 aromatic heterocycles. The summed E-state index contributed by atoms with van der Waals surface area (Å²) in [6.45, 7) is 0. The summed E-state index contributed by atoms with van der Waals surface area (Å²) in [4.78, 5) is 49.9. The van der Waals surface area contributed by atoms with Gasteiger partial charge in [-0.05, 0) is 94.3 Å². The second kappa shape index (κ2) is 11.1. The minimum absolute atomic E-state index is 0.0666. The van der Waals surface area contributed by atoms with E-state index < -0.39 is 35.0 Å². The third kappa shape index (κ3) is 5.20. The SMILES string of the molecule is O=C(c1ccc(O)c(-c2cc(C(=O)c3ccc4cc(O)c(C(=O)O)cc4c3)ccc2O)c1)c1ccc2cc(O)c(C(=O)O)cc2c1. The highest BCUT2D eigenvalue weighted by Crippen LogP contribution is 2.38. The third-order valence-electron chi connectivity index (χ3n) is 7.70. The number of carboxylic acids is 2. The number of rotatable bonds is 7. The Bertz CT molecular complexity index is 2140. The van der Waals surface area contributed by atoms with Crippen LogP contribution in [0.25, 0.3) is 32.7 Å². The summed E-state index contributed by atoms with van der Waals surface area (Å²) in [6.07, 6.45) is 0. The van der Waals surface area contributed by atoms with Gasteiger partial charge < -0.3 is 30.6 Å². The molecule has 0 radical (unpaired) electrons. The Morgan fingerprint density at radius 3 is 1.09 bits per heavy atom. The van der Waals surface area contributed by atoms with E-state index >= 15 is 0 Å². The molecular formula is C36H22O10. The van der Waals surface area contributed by atoms with Crippen molar-refractivity contribution < 1.29 is 49.8 Å². The molecule has 226 valence electrons. The van der Waals surface area contributed by atoms with Crippen molar-refractivity contribution in [3.8, 4) is 34.1 Å². The summed E-state index contributed by atoms with van der Waals surface area (Å²) >= 11 is 0. The highest BCUT2D eigenvalue weighted by molar-refractivity contribution is 6.13. The maximum Gasteiger partial charge on any atom is 0.339 e. The minimum Gasteiger partial charge on any atom is -0.507 e. The fourth-order valence-corrected chi connectivity index (χ4v) is 5.32. The van der Waals surface area contributed by atoms with E-state index in [1.165, 1.54) is 84.9 Å². The van der Waals surface area contributed by atoms with Crippen LogP contribution in [-0.4, -0.2) is 54.1 Å². The molecule has 0 amide bonds. The molecule has 0 aliphatic rings. The summed E-state index contributed by atoms with van der Waals surface area (Å²) < 4.78 is 0. The first kappa shape index (κ1) is 29.4. The Kier molecular flexibility index (Phi) is 7.10. The molecular weight excluding hydrogens is 592 g/mol. The lowest BCUT2D eigenvalue weighted by Crippen LogP contribution is -2.03. The van der Waals surface area contributed by atoms with Gasteiger partial charge in [0, 0.05) is 33.4 Å². The van der Waals surface area contributed by atoms with Crippen LogP contribution >= 0.6 is 0 Å². The third-order valence-corrected chi connectivity index (χ3v) is 7.70. The van der Waals surface area contributed by atoms with Gasteiger partial charge in [0.2, 0.25) is 0 Å². The smallest absolute Gasteiger partial charge is 0.339 e. The Labute approximate surface area is 259 Å². The van der Waals surface area contributed by atoms with Crippen molar-refractivity contribution >= 4 is 45.0 Å². The van der Waals surface area contributed by atoms with E-state index in [-0.39, 0.29) is 56.0 Å². The van der Waals surface area contributed by atoms with Crippen LogP contribution in [0, 0.1) is 0 Å². The van der Waals surface area contributed by atoms with Crippen LogP contribution in [0.1, 0.15) is 52.6 Å². The molecule has 6 N–H and O–H groups in total. The Balaban J connectivity index is 1.36. The van der Waals surface area contributed by atoms with Crippen LogP contribution in [0.4, 0.5) is 0 Å². The Hall–Kier alpha value is -6.68. The number of carboxylic acid groups (broad SMARTS) is 2. The van der Waals surface area contributed by atoms with Gasteiger partial charge in [0.05, 0.1) is 0 Å². The number of carbonyl (C=O) groups is 4. The van der Waals surface area contributed by atoms with Crippen LogP contribution in [0.2, 0.25) is 0 Å². The van der Waals surface area contributed by atoms with Crippen molar-refractivity contribution in [1.82, 2.24) is 0 Å². The predicted octanol–water partition coefficient (Wildman–Crippen LogP) is 6.34. The zero-order chi connectivity index (χ0) is 32.9. The largest absolute Gasteiger partial charge is 0.507 e. The predicted molar refractivity (Wildman–Crippen MR) is 167 cm³/mol. The molecule has 0 atom stereocenters. The number of ketones is 2. The lowest BCUT2D eigenvalue weighted by atomic mass is 9.93. The highest BCUT2D eigenvalue weighted by atomic mass is 16.4. The summed E-state index contributed by atoms with van der Waals surface area (Å²) in [5.41, 5.74) is 0.169. The van der Waals surface area contributed by atoms with Crippen LogP contribution in [0.3, 0.4) is 0 Å².